The third kappa shape index (κ3) is 5.36. The zero-order valence-electron chi connectivity index (χ0n) is 16.8. The zero-order valence-corrected chi connectivity index (χ0v) is 17.6. The summed E-state index contributed by atoms with van der Waals surface area (Å²) >= 11 is 5.96. The average molecular weight is 498 g/mol. The second-order valence-corrected chi connectivity index (χ2v) is 7.90. The molecule has 1 aromatic carbocycles. The molecule has 7 N–H and O–H groups in total. The van der Waals surface area contributed by atoms with Crippen molar-refractivity contribution in [3.63, 3.8) is 0 Å². The van der Waals surface area contributed by atoms with Gasteiger partial charge in [-0.3, -0.25) is 10.1 Å². The van der Waals surface area contributed by atoms with E-state index in [-0.39, 0.29) is 16.5 Å². The number of benzene rings is 1. The fourth-order valence-corrected chi connectivity index (χ4v) is 3.70. The van der Waals surface area contributed by atoms with Crippen LogP contribution in [0.1, 0.15) is 0 Å². The van der Waals surface area contributed by atoms with Gasteiger partial charge in [-0.05, 0) is 6.07 Å². The largest absolute Gasteiger partial charge is 0.460 e. The first-order valence-corrected chi connectivity index (χ1v) is 10.2. The van der Waals surface area contributed by atoms with Crippen molar-refractivity contribution in [1.82, 2.24) is 0 Å². The Morgan fingerprint density at radius 3 is 2.09 bits per heavy atom. The predicted molar refractivity (Wildman–Crippen MR) is 105 cm³/mol. The number of halogens is 1. The molecule has 0 aliphatic carbocycles. The van der Waals surface area contributed by atoms with Crippen LogP contribution in [0.25, 0.3) is 0 Å². The van der Waals surface area contributed by atoms with Crippen molar-refractivity contribution in [3.05, 3.63) is 33.3 Å². The number of non-ortho nitro benzene ring substituents is 1. The van der Waals surface area contributed by atoms with E-state index in [1.165, 1.54) is 0 Å². The third-order valence-corrected chi connectivity index (χ3v) is 5.63. The summed E-state index contributed by atoms with van der Waals surface area (Å²) in [6, 6.07) is 3.27. The van der Waals surface area contributed by atoms with Gasteiger partial charge in [0.15, 0.2) is 6.29 Å². The molecule has 186 valence electrons. The summed E-state index contributed by atoms with van der Waals surface area (Å²) in [4.78, 5) is 10.2. The molecule has 0 bridgehead atoms. The normalized spacial score (nSPS) is 39.3. The van der Waals surface area contributed by atoms with Crippen LogP contribution in [0, 0.1) is 10.1 Å². The van der Waals surface area contributed by atoms with Gasteiger partial charge in [-0.2, -0.15) is 0 Å². The number of hydrogen-bond acceptors (Lipinski definition) is 13. The molecule has 4 unspecified atom stereocenters. The first kappa shape index (κ1) is 25.9. The number of rotatable bonds is 7. The molecule has 0 amide bonds. The SMILES string of the molecule is O=[N+]([O-])c1ccc(O[C@@H]2OC(CO)[C@@H](O[C@@H]3OC(CO)[C@@H](O)[C@H](O)C3O)[C@H](O)C2O)c(Cl)c1. The summed E-state index contributed by atoms with van der Waals surface area (Å²) < 4.78 is 21.5. The van der Waals surface area contributed by atoms with Crippen LogP contribution in [0.5, 0.6) is 5.75 Å². The molecule has 0 saturated carbocycles. The quantitative estimate of drug-likeness (QED) is 0.150. The van der Waals surface area contributed by atoms with Crippen LogP contribution in [-0.4, -0.2) is 115 Å². The smallest absolute Gasteiger partial charge is 0.271 e. The summed E-state index contributed by atoms with van der Waals surface area (Å²) in [6.07, 6.45) is -16.1. The Kier molecular flexibility index (Phi) is 8.41. The van der Waals surface area contributed by atoms with E-state index in [4.69, 9.17) is 30.5 Å². The van der Waals surface area contributed by atoms with Crippen molar-refractivity contribution in [2.24, 2.45) is 0 Å². The molecule has 2 heterocycles. The van der Waals surface area contributed by atoms with Gasteiger partial charge in [-0.1, -0.05) is 11.6 Å². The minimum absolute atomic E-state index is 0.108. The first-order chi connectivity index (χ1) is 15.6. The van der Waals surface area contributed by atoms with Crippen LogP contribution < -0.4 is 4.74 Å². The number of hydrogen-bond donors (Lipinski definition) is 7. The molecule has 10 atom stereocenters. The highest BCUT2D eigenvalue weighted by Crippen LogP contribution is 2.33. The van der Waals surface area contributed by atoms with Gasteiger partial charge in [0.2, 0.25) is 6.29 Å². The maximum Gasteiger partial charge on any atom is 0.271 e. The number of aliphatic hydroxyl groups is 7. The molecule has 2 fully saturated rings. The van der Waals surface area contributed by atoms with E-state index >= 15 is 0 Å². The highest BCUT2D eigenvalue weighted by Gasteiger charge is 2.51. The standard InChI is InChI=1S/C18H24ClNO13/c19-7-3-6(20(28)29)1-2-8(7)30-17-15(27)13(25)16(10(5-22)32-17)33-18-14(26)12(24)11(23)9(4-21)31-18/h1-3,9-18,21-27H,4-5H2/t9?,10?,11-,12+,13-,14?,15?,16-,17-,18+/m1/s1. The number of nitro benzene ring substituents is 1. The molecule has 1 aromatic rings. The monoisotopic (exact) mass is 497 g/mol. The molecule has 0 aromatic heterocycles. The molecule has 0 radical (unpaired) electrons. The van der Waals surface area contributed by atoms with Gasteiger partial charge in [0.05, 0.1) is 23.2 Å². The minimum atomic E-state index is -1.79. The highest BCUT2D eigenvalue weighted by atomic mass is 35.5. The molecule has 2 saturated heterocycles. The number of nitrogens with zero attached hydrogens (tertiary/aromatic N) is 1. The summed E-state index contributed by atoms with van der Waals surface area (Å²) in [6.45, 7) is -1.47. The van der Waals surface area contributed by atoms with Crippen LogP contribution in [0.3, 0.4) is 0 Å². The number of nitro groups is 1. The van der Waals surface area contributed by atoms with Gasteiger partial charge in [-0.15, -0.1) is 0 Å². The second-order valence-electron chi connectivity index (χ2n) is 7.49. The van der Waals surface area contributed by atoms with E-state index in [2.05, 4.69) is 0 Å². The van der Waals surface area contributed by atoms with Crippen molar-refractivity contribution < 1.29 is 59.6 Å². The predicted octanol–water partition coefficient (Wildman–Crippen LogP) is -2.75. The Hall–Kier alpha value is -1.69. The Bertz CT molecular complexity index is 827. The lowest BCUT2D eigenvalue weighted by atomic mass is 9.97. The first-order valence-electron chi connectivity index (χ1n) is 9.78. The Labute approximate surface area is 191 Å². The van der Waals surface area contributed by atoms with Gasteiger partial charge in [0.25, 0.3) is 5.69 Å². The summed E-state index contributed by atoms with van der Waals surface area (Å²) in [5, 5.41) is 80.5. The molecule has 14 nitrogen and oxygen atoms in total. The van der Waals surface area contributed by atoms with Crippen molar-refractivity contribution in [1.29, 1.82) is 0 Å². The van der Waals surface area contributed by atoms with Gasteiger partial charge in [0.1, 0.15) is 54.6 Å². The van der Waals surface area contributed by atoms with Crippen LogP contribution in [0.2, 0.25) is 5.02 Å². The fraction of sp³-hybridized carbons (Fsp3) is 0.667. The lowest BCUT2D eigenvalue weighted by Gasteiger charge is -2.45. The summed E-state index contributed by atoms with van der Waals surface area (Å²) in [5.74, 6) is -0.108. The van der Waals surface area contributed by atoms with Crippen LogP contribution in [0.15, 0.2) is 18.2 Å². The van der Waals surface area contributed by atoms with E-state index in [1.807, 2.05) is 0 Å². The molecule has 2 aliphatic rings. The Balaban J connectivity index is 1.73. The van der Waals surface area contributed by atoms with Crippen molar-refractivity contribution in [2.45, 2.75) is 61.4 Å². The summed E-state index contributed by atoms with van der Waals surface area (Å²) in [5.41, 5.74) is -0.307. The Morgan fingerprint density at radius 2 is 1.52 bits per heavy atom. The van der Waals surface area contributed by atoms with Gasteiger partial charge in [0, 0.05) is 12.1 Å². The fourth-order valence-electron chi connectivity index (χ4n) is 3.48. The van der Waals surface area contributed by atoms with Crippen LogP contribution in [0.4, 0.5) is 5.69 Å². The lowest BCUT2D eigenvalue weighted by molar-refractivity contribution is -0.384. The number of aliphatic hydroxyl groups excluding tert-OH is 7. The van der Waals surface area contributed by atoms with Gasteiger partial charge < -0.3 is 54.7 Å². The zero-order chi connectivity index (χ0) is 24.4. The van der Waals surface area contributed by atoms with Crippen LogP contribution in [-0.2, 0) is 14.2 Å². The molecular weight excluding hydrogens is 474 g/mol. The van der Waals surface area contributed by atoms with Crippen molar-refractivity contribution in [2.75, 3.05) is 13.2 Å². The molecule has 33 heavy (non-hydrogen) atoms. The topological polar surface area (TPSA) is 222 Å². The second kappa shape index (κ2) is 10.7. The maximum absolute atomic E-state index is 10.8. The molecule has 3 rings (SSSR count). The maximum atomic E-state index is 10.8. The van der Waals surface area contributed by atoms with E-state index in [0.29, 0.717) is 0 Å². The summed E-state index contributed by atoms with van der Waals surface area (Å²) in [7, 11) is 0. The van der Waals surface area contributed by atoms with Crippen molar-refractivity contribution >= 4 is 17.3 Å². The van der Waals surface area contributed by atoms with Crippen LogP contribution >= 0.6 is 11.6 Å². The van der Waals surface area contributed by atoms with Crippen molar-refractivity contribution in [3.8, 4) is 5.75 Å². The van der Waals surface area contributed by atoms with E-state index in [9.17, 15) is 45.9 Å². The third-order valence-electron chi connectivity index (χ3n) is 5.33. The molecule has 2 aliphatic heterocycles. The number of ether oxygens (including phenoxy) is 4. The highest BCUT2D eigenvalue weighted by molar-refractivity contribution is 6.32. The molecular formula is C18H24ClNO13. The van der Waals surface area contributed by atoms with E-state index in [1.54, 1.807) is 0 Å². The lowest BCUT2D eigenvalue weighted by Crippen LogP contribution is -2.65. The Morgan fingerprint density at radius 1 is 0.909 bits per heavy atom. The van der Waals surface area contributed by atoms with E-state index in [0.717, 1.165) is 18.2 Å². The van der Waals surface area contributed by atoms with E-state index < -0.39 is 79.5 Å². The van der Waals surface area contributed by atoms with Gasteiger partial charge in [-0.25, -0.2) is 0 Å². The van der Waals surface area contributed by atoms with Gasteiger partial charge >= 0.3 is 0 Å². The molecule has 0 spiro atoms. The molecule has 15 heteroatoms. The average Bonchev–Trinajstić information content (AvgIpc) is 2.79. The minimum Gasteiger partial charge on any atom is -0.460 e.